The molecule has 1 fully saturated rings. The van der Waals surface area contributed by atoms with Crippen molar-refractivity contribution in [2.24, 2.45) is 4.99 Å². The Balaban J connectivity index is 1.53. The summed E-state index contributed by atoms with van der Waals surface area (Å²) in [6.07, 6.45) is 7.71. The number of rotatable bonds is 5. The minimum absolute atomic E-state index is 0.317. The van der Waals surface area contributed by atoms with Crippen LogP contribution < -0.4 is 10.6 Å². The molecule has 0 radical (unpaired) electrons. The summed E-state index contributed by atoms with van der Waals surface area (Å²) in [6, 6.07) is 0.341. The Bertz CT molecular complexity index is 629. The van der Waals surface area contributed by atoms with Gasteiger partial charge in [0, 0.05) is 47.9 Å². The van der Waals surface area contributed by atoms with Gasteiger partial charge in [0.15, 0.2) is 11.8 Å². The van der Waals surface area contributed by atoms with Gasteiger partial charge in [-0.05, 0) is 32.1 Å². The minimum Gasteiger partial charge on any atom is -0.354 e. The molecule has 3 rings (SSSR count). The van der Waals surface area contributed by atoms with Crippen molar-refractivity contribution in [3.63, 3.8) is 0 Å². The predicted molar refractivity (Wildman–Crippen MR) is 101 cm³/mol. The van der Waals surface area contributed by atoms with Crippen LogP contribution in [-0.4, -0.2) is 49.0 Å². The zero-order valence-electron chi connectivity index (χ0n) is 15.3. The van der Waals surface area contributed by atoms with Crippen LogP contribution in [0.4, 0.5) is 0 Å². The number of fused-ring (bicyclic) bond motifs is 1. The molecule has 1 aliphatic carbocycles. The van der Waals surface area contributed by atoms with Gasteiger partial charge < -0.3 is 15.2 Å². The normalized spacial score (nSPS) is 25.3. The van der Waals surface area contributed by atoms with Gasteiger partial charge >= 0.3 is 0 Å². The van der Waals surface area contributed by atoms with Gasteiger partial charge in [-0.1, -0.05) is 13.3 Å². The highest BCUT2D eigenvalue weighted by molar-refractivity contribution is 7.85. The molecular formula is C17H30N6OS. The molecule has 140 valence electrons. The van der Waals surface area contributed by atoms with Crippen molar-refractivity contribution in [2.75, 3.05) is 12.8 Å². The van der Waals surface area contributed by atoms with E-state index < -0.39 is 10.8 Å². The number of aryl methyl sites for hydroxylation is 1. The number of hydrogen-bond donors (Lipinski definition) is 2. The average Bonchev–Trinajstić information content (AvgIpc) is 3.08. The largest absolute Gasteiger partial charge is 0.354 e. The lowest BCUT2D eigenvalue weighted by Gasteiger charge is -2.30. The van der Waals surface area contributed by atoms with Crippen LogP contribution in [0.2, 0.25) is 0 Å². The maximum absolute atomic E-state index is 12.1. The highest BCUT2D eigenvalue weighted by atomic mass is 32.2. The van der Waals surface area contributed by atoms with E-state index in [1.807, 2.05) is 6.92 Å². The molecule has 0 spiro atoms. The molecule has 1 aromatic rings. The van der Waals surface area contributed by atoms with Gasteiger partial charge in [0.2, 0.25) is 0 Å². The Hall–Kier alpha value is -1.44. The second-order valence-electron chi connectivity index (χ2n) is 6.87. The van der Waals surface area contributed by atoms with Crippen LogP contribution in [0.3, 0.4) is 0 Å². The van der Waals surface area contributed by atoms with E-state index in [4.69, 9.17) is 0 Å². The maximum Gasteiger partial charge on any atom is 0.191 e. The standard InChI is InChI=1S/C17H30N6OS/c1-3-25(24)14-8-6-7-13(11-14)20-17(18-2)19-12-16-22-21-15-9-4-5-10-23(15)16/h13-14H,3-12H2,1-2H3,(H2,18,19,20). The summed E-state index contributed by atoms with van der Waals surface area (Å²) in [5, 5.41) is 15.8. The van der Waals surface area contributed by atoms with E-state index in [9.17, 15) is 4.21 Å². The maximum atomic E-state index is 12.1. The summed E-state index contributed by atoms with van der Waals surface area (Å²) in [6.45, 7) is 3.65. The molecule has 0 saturated heterocycles. The summed E-state index contributed by atoms with van der Waals surface area (Å²) in [7, 11) is 1.09. The van der Waals surface area contributed by atoms with Crippen LogP contribution in [0, 0.1) is 0 Å². The molecule has 1 aliphatic heterocycles. The van der Waals surface area contributed by atoms with Crippen LogP contribution in [0.5, 0.6) is 0 Å². The fourth-order valence-corrected chi connectivity index (χ4v) is 5.15. The zero-order valence-corrected chi connectivity index (χ0v) is 16.1. The third-order valence-corrected chi connectivity index (χ3v) is 6.94. The number of nitrogens with zero attached hydrogens (tertiary/aromatic N) is 4. The first kappa shape index (κ1) is 18.4. The molecule has 0 aromatic carbocycles. The Morgan fingerprint density at radius 1 is 1.32 bits per heavy atom. The molecule has 2 heterocycles. The van der Waals surface area contributed by atoms with Crippen molar-refractivity contribution in [1.82, 2.24) is 25.4 Å². The monoisotopic (exact) mass is 366 g/mol. The Morgan fingerprint density at radius 2 is 2.20 bits per heavy atom. The molecule has 1 aromatic heterocycles. The molecule has 0 amide bonds. The van der Waals surface area contributed by atoms with Crippen molar-refractivity contribution in [1.29, 1.82) is 0 Å². The van der Waals surface area contributed by atoms with Crippen LogP contribution in [0.25, 0.3) is 0 Å². The van der Waals surface area contributed by atoms with Crippen LogP contribution in [-0.2, 0) is 30.3 Å². The van der Waals surface area contributed by atoms with Gasteiger partial charge in [-0.15, -0.1) is 10.2 Å². The number of hydrogen-bond acceptors (Lipinski definition) is 4. The van der Waals surface area contributed by atoms with Gasteiger partial charge in [-0.3, -0.25) is 9.20 Å². The van der Waals surface area contributed by atoms with Gasteiger partial charge in [0.05, 0.1) is 6.54 Å². The van der Waals surface area contributed by atoms with Gasteiger partial charge in [-0.2, -0.15) is 0 Å². The second kappa shape index (κ2) is 8.78. The third-order valence-electron chi connectivity index (χ3n) is 5.20. The van der Waals surface area contributed by atoms with E-state index in [-0.39, 0.29) is 0 Å². The van der Waals surface area contributed by atoms with Crippen molar-refractivity contribution >= 4 is 16.8 Å². The zero-order chi connectivity index (χ0) is 17.6. The van der Waals surface area contributed by atoms with E-state index in [1.54, 1.807) is 7.05 Å². The van der Waals surface area contributed by atoms with E-state index in [1.165, 1.54) is 12.8 Å². The lowest BCUT2D eigenvalue weighted by molar-refractivity contribution is 0.413. The summed E-state index contributed by atoms with van der Waals surface area (Å²) in [5.74, 6) is 3.62. The summed E-state index contributed by atoms with van der Waals surface area (Å²) in [5.41, 5.74) is 0. The number of aromatic nitrogens is 3. The molecule has 7 nitrogen and oxygen atoms in total. The Morgan fingerprint density at radius 3 is 3.00 bits per heavy atom. The minimum atomic E-state index is -0.703. The molecule has 3 unspecified atom stereocenters. The fraction of sp³-hybridized carbons (Fsp3) is 0.824. The molecular weight excluding hydrogens is 336 g/mol. The summed E-state index contributed by atoms with van der Waals surface area (Å²) < 4.78 is 14.3. The highest BCUT2D eigenvalue weighted by Gasteiger charge is 2.26. The average molecular weight is 367 g/mol. The van der Waals surface area contributed by atoms with Gasteiger partial charge in [-0.25, -0.2) is 0 Å². The van der Waals surface area contributed by atoms with Crippen molar-refractivity contribution in [3.8, 4) is 0 Å². The van der Waals surface area contributed by atoms with E-state index in [2.05, 4.69) is 30.4 Å². The van der Waals surface area contributed by atoms with Gasteiger partial charge in [0.25, 0.3) is 0 Å². The predicted octanol–water partition coefficient (Wildman–Crippen LogP) is 1.36. The van der Waals surface area contributed by atoms with E-state index in [0.29, 0.717) is 17.8 Å². The summed E-state index contributed by atoms with van der Waals surface area (Å²) >= 11 is 0. The first-order valence-electron chi connectivity index (χ1n) is 9.46. The SMILES string of the molecule is CCS(=O)C1CCCC(NC(=NC)NCc2nnc3n2CCCC3)C1. The Labute approximate surface area is 152 Å². The molecule has 25 heavy (non-hydrogen) atoms. The molecule has 2 aliphatic rings. The fourth-order valence-electron chi connectivity index (χ4n) is 3.80. The summed E-state index contributed by atoms with van der Waals surface area (Å²) in [4.78, 5) is 4.34. The number of guanidine groups is 1. The van der Waals surface area contributed by atoms with Crippen LogP contribution in [0.1, 0.15) is 57.1 Å². The lowest BCUT2D eigenvalue weighted by atomic mass is 9.95. The van der Waals surface area contributed by atoms with Crippen LogP contribution in [0.15, 0.2) is 4.99 Å². The van der Waals surface area contributed by atoms with Gasteiger partial charge in [0.1, 0.15) is 5.82 Å². The van der Waals surface area contributed by atoms with Crippen LogP contribution >= 0.6 is 0 Å². The molecule has 3 atom stereocenters. The number of aliphatic imine (C=N–C) groups is 1. The van der Waals surface area contributed by atoms with Crippen molar-refractivity contribution < 1.29 is 4.21 Å². The first-order chi connectivity index (χ1) is 12.2. The molecule has 2 N–H and O–H groups in total. The topological polar surface area (TPSA) is 84.2 Å². The third kappa shape index (κ3) is 4.59. The lowest BCUT2D eigenvalue weighted by Crippen LogP contribution is -2.46. The second-order valence-corrected chi connectivity index (χ2v) is 8.87. The highest BCUT2D eigenvalue weighted by Crippen LogP contribution is 2.23. The molecule has 8 heteroatoms. The molecule has 1 saturated carbocycles. The van der Waals surface area contributed by atoms with Crippen molar-refractivity contribution in [3.05, 3.63) is 11.6 Å². The smallest absolute Gasteiger partial charge is 0.191 e. The first-order valence-corrected chi connectivity index (χ1v) is 10.8. The molecule has 0 bridgehead atoms. The van der Waals surface area contributed by atoms with Crippen molar-refractivity contribution in [2.45, 2.75) is 76.3 Å². The number of nitrogens with one attached hydrogen (secondary N) is 2. The van der Waals surface area contributed by atoms with E-state index in [0.717, 1.165) is 62.0 Å². The van der Waals surface area contributed by atoms with E-state index >= 15 is 0 Å². The Kier molecular flexibility index (Phi) is 6.45. The quantitative estimate of drug-likeness (QED) is 0.607.